The van der Waals surface area contributed by atoms with Gasteiger partial charge in [0.25, 0.3) is 0 Å². The van der Waals surface area contributed by atoms with E-state index in [1.807, 2.05) is 0 Å². The van der Waals surface area contributed by atoms with Crippen LogP contribution in [0, 0.1) is 27.7 Å². The van der Waals surface area contributed by atoms with Gasteiger partial charge in [-0.3, -0.25) is 0 Å². The Kier molecular flexibility index (Phi) is 3.04. The molecule has 1 aliphatic rings. The lowest BCUT2D eigenvalue weighted by Crippen LogP contribution is -2.58. The molecule has 2 heteroatoms. The molecule has 1 heterocycles. The van der Waals surface area contributed by atoms with Gasteiger partial charge in [-0.1, -0.05) is 6.07 Å². The van der Waals surface area contributed by atoms with Gasteiger partial charge in [-0.15, -0.1) is 0 Å². The maximum atomic E-state index is 6.22. The maximum Gasteiger partial charge on any atom is 0.0600 e. The van der Waals surface area contributed by atoms with Crippen LogP contribution in [0.1, 0.15) is 34.7 Å². The molecule has 0 radical (unpaired) electrons. The summed E-state index contributed by atoms with van der Waals surface area (Å²) < 4.78 is 5.46. The first-order chi connectivity index (χ1) is 7.90. The normalized spacial score (nSPS) is 19.9. The Balaban J connectivity index is 2.66. The molecule has 1 aliphatic heterocycles. The number of benzene rings is 1. The van der Waals surface area contributed by atoms with Crippen LogP contribution in [0.2, 0.25) is 0 Å². The zero-order valence-corrected chi connectivity index (χ0v) is 11.6. The smallest absolute Gasteiger partial charge is 0.0600 e. The Morgan fingerprint density at radius 1 is 1.12 bits per heavy atom. The van der Waals surface area contributed by atoms with Gasteiger partial charge in [0.05, 0.1) is 18.6 Å². The van der Waals surface area contributed by atoms with Gasteiger partial charge in [0.15, 0.2) is 0 Å². The SMILES string of the molecule is Cc1cc(C)c(C)c(C2(C(C)N)COC2)c1C. The minimum absolute atomic E-state index is 0.0327. The summed E-state index contributed by atoms with van der Waals surface area (Å²) in [7, 11) is 0. The second-order valence-corrected chi connectivity index (χ2v) is 5.57. The van der Waals surface area contributed by atoms with E-state index in [0.29, 0.717) is 0 Å². The molecule has 1 aromatic carbocycles. The van der Waals surface area contributed by atoms with Crippen LogP contribution in [0.4, 0.5) is 0 Å². The first-order valence-electron chi connectivity index (χ1n) is 6.31. The van der Waals surface area contributed by atoms with Crippen molar-refractivity contribution in [3.05, 3.63) is 33.9 Å². The second kappa shape index (κ2) is 4.11. The van der Waals surface area contributed by atoms with Crippen LogP contribution in [0.15, 0.2) is 6.07 Å². The highest BCUT2D eigenvalue weighted by molar-refractivity contribution is 5.50. The van der Waals surface area contributed by atoms with Crippen molar-refractivity contribution in [3.8, 4) is 0 Å². The standard InChI is InChI=1S/C15H23NO/c1-9-6-10(2)12(4)14(11(9)3)15(13(5)16)7-17-8-15/h6,13H,7-8,16H2,1-5H3. The fraction of sp³-hybridized carbons (Fsp3) is 0.600. The third-order valence-corrected chi connectivity index (χ3v) is 4.45. The van der Waals surface area contributed by atoms with Crippen molar-refractivity contribution in [1.29, 1.82) is 0 Å². The van der Waals surface area contributed by atoms with Gasteiger partial charge in [0.2, 0.25) is 0 Å². The molecule has 2 nitrogen and oxygen atoms in total. The van der Waals surface area contributed by atoms with Crippen molar-refractivity contribution in [1.82, 2.24) is 0 Å². The molecule has 17 heavy (non-hydrogen) atoms. The molecule has 0 aromatic heterocycles. The number of hydrogen-bond donors (Lipinski definition) is 1. The second-order valence-electron chi connectivity index (χ2n) is 5.57. The van der Waals surface area contributed by atoms with Crippen molar-refractivity contribution in [3.63, 3.8) is 0 Å². The van der Waals surface area contributed by atoms with E-state index in [-0.39, 0.29) is 11.5 Å². The largest absolute Gasteiger partial charge is 0.379 e. The summed E-state index contributed by atoms with van der Waals surface area (Å²) >= 11 is 0. The Hall–Kier alpha value is -0.860. The van der Waals surface area contributed by atoms with E-state index in [9.17, 15) is 0 Å². The van der Waals surface area contributed by atoms with Crippen LogP contribution in [-0.2, 0) is 10.2 Å². The fourth-order valence-corrected chi connectivity index (χ4v) is 2.92. The topological polar surface area (TPSA) is 35.2 Å². The quantitative estimate of drug-likeness (QED) is 0.852. The molecule has 1 fully saturated rings. The molecule has 0 aliphatic carbocycles. The van der Waals surface area contributed by atoms with Crippen molar-refractivity contribution < 1.29 is 4.74 Å². The molecule has 1 unspecified atom stereocenters. The molecule has 1 aromatic rings. The summed E-state index contributed by atoms with van der Waals surface area (Å²) in [5, 5.41) is 0. The number of ether oxygens (including phenoxy) is 1. The average molecular weight is 233 g/mol. The number of aryl methyl sites for hydroxylation is 2. The predicted molar refractivity (Wildman–Crippen MR) is 71.5 cm³/mol. The Labute approximate surface area is 104 Å². The zero-order chi connectivity index (χ0) is 12.8. The molecule has 2 N–H and O–H groups in total. The van der Waals surface area contributed by atoms with Gasteiger partial charge in [0.1, 0.15) is 0 Å². The van der Waals surface area contributed by atoms with Crippen LogP contribution in [0.3, 0.4) is 0 Å². The van der Waals surface area contributed by atoms with E-state index < -0.39 is 0 Å². The molecule has 94 valence electrons. The summed E-state index contributed by atoms with van der Waals surface area (Å²) in [5.74, 6) is 0. The van der Waals surface area contributed by atoms with Crippen molar-refractivity contribution in [2.45, 2.75) is 46.1 Å². The van der Waals surface area contributed by atoms with Gasteiger partial charge >= 0.3 is 0 Å². The predicted octanol–water partition coefficient (Wildman–Crippen LogP) is 2.54. The molecule has 1 saturated heterocycles. The monoisotopic (exact) mass is 233 g/mol. The van der Waals surface area contributed by atoms with Crippen LogP contribution in [0.25, 0.3) is 0 Å². The van der Waals surface area contributed by atoms with Crippen LogP contribution in [-0.4, -0.2) is 19.3 Å². The van der Waals surface area contributed by atoms with Crippen molar-refractivity contribution in [2.24, 2.45) is 5.73 Å². The molecule has 2 rings (SSSR count). The van der Waals surface area contributed by atoms with Gasteiger partial charge in [-0.2, -0.15) is 0 Å². The lowest BCUT2D eigenvalue weighted by Gasteiger charge is -2.47. The lowest BCUT2D eigenvalue weighted by molar-refractivity contribution is -0.0708. The molecule has 0 saturated carbocycles. The first-order valence-corrected chi connectivity index (χ1v) is 6.31. The third kappa shape index (κ3) is 1.71. The van der Waals surface area contributed by atoms with E-state index in [4.69, 9.17) is 10.5 Å². The van der Waals surface area contributed by atoms with Crippen molar-refractivity contribution >= 4 is 0 Å². The van der Waals surface area contributed by atoms with E-state index in [2.05, 4.69) is 40.7 Å². The van der Waals surface area contributed by atoms with E-state index in [0.717, 1.165) is 13.2 Å². The minimum Gasteiger partial charge on any atom is -0.379 e. The summed E-state index contributed by atoms with van der Waals surface area (Å²) in [6.45, 7) is 12.4. The molecular formula is C15H23NO. The summed E-state index contributed by atoms with van der Waals surface area (Å²) in [6.07, 6.45) is 0. The summed E-state index contributed by atoms with van der Waals surface area (Å²) in [4.78, 5) is 0. The minimum atomic E-state index is 0.0327. The zero-order valence-electron chi connectivity index (χ0n) is 11.6. The van der Waals surface area contributed by atoms with Crippen LogP contribution >= 0.6 is 0 Å². The molecule has 0 amide bonds. The number of rotatable bonds is 2. The van der Waals surface area contributed by atoms with E-state index >= 15 is 0 Å². The van der Waals surface area contributed by atoms with Gasteiger partial charge in [-0.25, -0.2) is 0 Å². The number of nitrogens with two attached hydrogens (primary N) is 1. The van der Waals surface area contributed by atoms with E-state index in [1.54, 1.807) is 0 Å². The molecule has 0 bridgehead atoms. The average Bonchev–Trinajstić information content (AvgIpc) is 2.18. The Morgan fingerprint density at radius 3 is 1.88 bits per heavy atom. The van der Waals surface area contributed by atoms with Crippen LogP contribution in [0.5, 0.6) is 0 Å². The van der Waals surface area contributed by atoms with Crippen LogP contribution < -0.4 is 5.73 Å². The lowest BCUT2D eigenvalue weighted by atomic mass is 9.69. The molecule has 1 atom stereocenters. The highest BCUT2D eigenvalue weighted by atomic mass is 16.5. The first kappa shape index (κ1) is 12.6. The Bertz CT molecular complexity index is 418. The number of hydrogen-bond acceptors (Lipinski definition) is 2. The van der Waals surface area contributed by atoms with E-state index in [1.165, 1.54) is 27.8 Å². The van der Waals surface area contributed by atoms with Gasteiger partial charge < -0.3 is 10.5 Å². The van der Waals surface area contributed by atoms with Crippen molar-refractivity contribution in [2.75, 3.05) is 13.2 Å². The summed E-state index contributed by atoms with van der Waals surface area (Å²) in [5.41, 5.74) is 13.2. The molecular weight excluding hydrogens is 210 g/mol. The molecule has 0 spiro atoms. The Morgan fingerprint density at radius 2 is 1.59 bits per heavy atom. The fourth-order valence-electron chi connectivity index (χ4n) is 2.92. The highest BCUT2D eigenvalue weighted by Crippen LogP contribution is 2.40. The highest BCUT2D eigenvalue weighted by Gasteiger charge is 2.45. The van der Waals surface area contributed by atoms with Gasteiger partial charge in [-0.05, 0) is 62.4 Å². The van der Waals surface area contributed by atoms with Gasteiger partial charge in [0, 0.05) is 6.04 Å². The maximum absolute atomic E-state index is 6.22. The summed E-state index contributed by atoms with van der Waals surface area (Å²) in [6, 6.07) is 2.40. The third-order valence-electron chi connectivity index (χ3n) is 4.45.